The van der Waals surface area contributed by atoms with Crippen molar-refractivity contribution in [1.82, 2.24) is 16.0 Å². The first-order valence-electron chi connectivity index (χ1n) is 17.9. The number of hydrogen-bond acceptors (Lipinski definition) is 7. The number of carbonyl (C=O) groups is 4. The smallest absolute Gasteiger partial charge is 0.333 e. The van der Waals surface area contributed by atoms with Gasteiger partial charge in [-0.3, -0.25) is 14.4 Å². The van der Waals surface area contributed by atoms with Crippen LogP contribution >= 0.6 is 0 Å². The van der Waals surface area contributed by atoms with Gasteiger partial charge in [0.15, 0.2) is 44.6 Å². The Balaban J connectivity index is 4.24. The van der Waals surface area contributed by atoms with Crippen molar-refractivity contribution in [3.63, 3.8) is 0 Å². The monoisotopic (exact) mass is 747 g/mol. The number of quaternary nitrogens is 2. The molecule has 0 aliphatic heterocycles. The molecule has 0 rings (SSSR count). The summed E-state index contributed by atoms with van der Waals surface area (Å²) in [6.45, 7) is 22.2. The Morgan fingerprint density at radius 1 is 0.612 bits per heavy atom. The van der Waals surface area contributed by atoms with Crippen LogP contribution in [0.2, 0.25) is 57.4 Å². The Morgan fingerprint density at radius 3 is 1.41 bits per heavy atom. The Bertz CT molecular complexity index is 1070. The van der Waals surface area contributed by atoms with Crippen molar-refractivity contribution in [3.8, 4) is 0 Å². The van der Waals surface area contributed by atoms with Crippen LogP contribution in [0, 0.1) is 0 Å². The van der Waals surface area contributed by atoms with Crippen LogP contribution in [0.25, 0.3) is 0 Å². The zero-order chi connectivity index (χ0) is 37.9. The lowest BCUT2D eigenvalue weighted by Crippen LogP contribution is -2.52. The van der Waals surface area contributed by atoms with E-state index in [1.807, 2.05) is 28.2 Å². The maximum atomic E-state index is 12.6. The van der Waals surface area contributed by atoms with Crippen molar-refractivity contribution in [2.75, 3.05) is 87.7 Å². The van der Waals surface area contributed by atoms with Gasteiger partial charge in [-0.15, -0.1) is 0 Å². The first kappa shape index (κ1) is 47.1. The van der Waals surface area contributed by atoms with E-state index in [1.165, 1.54) is 0 Å². The number of nitrogens with zero attached hydrogens (tertiary/aromatic N) is 2. The Kier molecular flexibility index (Phi) is 21.3. The minimum Gasteiger partial charge on any atom is -0.456 e. The molecule has 0 bridgehead atoms. The molecule has 0 heterocycles. The lowest BCUT2D eigenvalue weighted by Gasteiger charge is -2.34. The summed E-state index contributed by atoms with van der Waals surface area (Å²) in [5, 5.41) is 9.05. The van der Waals surface area contributed by atoms with E-state index in [4.69, 9.17) is 13.3 Å². The fourth-order valence-electron chi connectivity index (χ4n) is 5.48. The van der Waals surface area contributed by atoms with Gasteiger partial charge in [-0.05, 0) is 83.6 Å². The summed E-state index contributed by atoms with van der Waals surface area (Å²) >= 11 is 0. The summed E-state index contributed by atoms with van der Waals surface area (Å²) < 4.78 is 18.3. The minimum absolute atomic E-state index is 0.00528. The van der Waals surface area contributed by atoms with Crippen LogP contribution in [0.3, 0.4) is 0 Å². The highest BCUT2D eigenvalue weighted by atomic mass is 28.4. The molecule has 0 atom stereocenters. The third-order valence-electron chi connectivity index (χ3n) is 8.43. The molecule has 0 fully saturated rings. The van der Waals surface area contributed by atoms with E-state index in [-0.39, 0.29) is 37.4 Å². The second-order valence-corrected chi connectivity index (χ2v) is 29.9. The molecule has 12 nitrogen and oxygen atoms in total. The number of ether oxygens (including phenoxy) is 1. The highest BCUT2D eigenvalue weighted by molar-refractivity contribution is 6.84. The molecule has 0 unspecified atom stereocenters. The minimum atomic E-state index is -1.85. The number of nitrogens with one attached hydrogen (secondary N) is 3. The number of rotatable bonds is 27. The highest BCUT2D eigenvalue weighted by Crippen LogP contribution is 2.24. The summed E-state index contributed by atoms with van der Waals surface area (Å²) in [6.07, 6.45) is 4.72. The fraction of sp³-hybridized carbons (Fsp3) is 0.824. The Hall–Kier alpha value is -1.89. The normalized spacial score (nSPS) is 12.7. The van der Waals surface area contributed by atoms with Gasteiger partial charge in [0.25, 0.3) is 17.7 Å². The maximum Gasteiger partial charge on any atom is 0.333 e. The summed E-state index contributed by atoms with van der Waals surface area (Å²) in [7, 11) is 4.16. The van der Waals surface area contributed by atoms with Crippen LogP contribution < -0.4 is 16.0 Å². The predicted octanol–water partition coefficient (Wildman–Crippen LogP) is 3.84. The topological polar surface area (TPSA) is 132 Å². The molecule has 0 aromatic rings. The first-order chi connectivity index (χ1) is 22.4. The van der Waals surface area contributed by atoms with Crippen LogP contribution in [-0.4, -0.2) is 145 Å². The van der Waals surface area contributed by atoms with E-state index < -0.39 is 30.9 Å². The molecule has 3 amide bonds. The molecule has 286 valence electrons. The summed E-state index contributed by atoms with van der Waals surface area (Å²) in [5.74, 6) is -0.480. The van der Waals surface area contributed by atoms with Crippen LogP contribution in [0.5, 0.6) is 0 Å². The molecule has 0 aromatic carbocycles. The molecule has 49 heavy (non-hydrogen) atoms. The molecule has 3 N–H and O–H groups in total. The molecule has 0 saturated carbocycles. The average Bonchev–Trinajstić information content (AvgIpc) is 2.93. The van der Waals surface area contributed by atoms with E-state index in [9.17, 15) is 19.2 Å². The van der Waals surface area contributed by atoms with Gasteiger partial charge in [-0.1, -0.05) is 19.4 Å². The van der Waals surface area contributed by atoms with E-state index >= 15 is 0 Å². The lowest BCUT2D eigenvalue weighted by atomic mass is 10.3. The molecule has 0 saturated heterocycles. The number of unbranched alkanes of at least 4 members (excludes halogenated alkanes) is 2. The van der Waals surface area contributed by atoms with Crippen LogP contribution in [0.15, 0.2) is 12.2 Å². The molecule has 0 aliphatic rings. The molecule has 0 aromatic heterocycles. The summed E-state index contributed by atoms with van der Waals surface area (Å²) in [6, 6.07) is 3.09. The SMILES string of the molecule is C=C(C)C(=O)OCC[N+](C)(C)CC(=O)NCCCC[Si](C)(C)O[Si](C)(C)CCCCNC(=O)C[N+](C)(C)CC(=O)NCCC[Si](C)(C)OC. The van der Waals surface area contributed by atoms with Crippen molar-refractivity contribution in [3.05, 3.63) is 12.2 Å². The predicted molar refractivity (Wildman–Crippen MR) is 207 cm³/mol. The summed E-state index contributed by atoms with van der Waals surface area (Å²) in [5.41, 5.74) is 0.370. The number of esters is 1. The van der Waals surface area contributed by atoms with Crippen molar-refractivity contribution in [1.29, 1.82) is 0 Å². The molecular weight excluding hydrogens is 675 g/mol. The van der Waals surface area contributed by atoms with E-state index in [0.717, 1.165) is 50.2 Å². The van der Waals surface area contributed by atoms with E-state index in [1.54, 1.807) is 14.0 Å². The first-order valence-corrected chi connectivity index (χ1v) is 27.3. The third-order valence-corrected chi connectivity index (χ3v) is 18.6. The Morgan fingerprint density at radius 2 is 1.00 bits per heavy atom. The summed E-state index contributed by atoms with van der Waals surface area (Å²) in [4.78, 5) is 49.0. The van der Waals surface area contributed by atoms with Crippen LogP contribution in [0.1, 0.15) is 39.0 Å². The quantitative estimate of drug-likeness (QED) is 0.0383. The Labute approximate surface area is 301 Å². The van der Waals surface area contributed by atoms with Gasteiger partial charge in [0.1, 0.15) is 13.2 Å². The van der Waals surface area contributed by atoms with Gasteiger partial charge in [0.2, 0.25) is 0 Å². The molecule has 0 spiro atoms. The van der Waals surface area contributed by atoms with Gasteiger partial charge in [0, 0.05) is 32.3 Å². The average molecular weight is 748 g/mol. The van der Waals surface area contributed by atoms with Crippen LogP contribution in [0.4, 0.5) is 0 Å². The van der Waals surface area contributed by atoms with Crippen LogP contribution in [-0.2, 0) is 32.5 Å². The zero-order valence-electron chi connectivity index (χ0n) is 33.3. The fourth-order valence-corrected chi connectivity index (χ4v) is 15.7. The van der Waals surface area contributed by atoms with Gasteiger partial charge in [-0.25, -0.2) is 4.79 Å². The van der Waals surface area contributed by atoms with Crippen molar-refractivity contribution in [2.24, 2.45) is 0 Å². The largest absolute Gasteiger partial charge is 0.456 e. The van der Waals surface area contributed by atoms with Gasteiger partial charge < -0.3 is 38.2 Å². The number of likely N-dealkylation sites (N-methyl/N-ethyl adjacent to an activating group) is 2. The number of amides is 3. The number of carbonyl (C=O) groups excluding carboxylic acids is 4. The van der Waals surface area contributed by atoms with E-state index in [0.29, 0.717) is 47.3 Å². The third kappa shape index (κ3) is 25.7. The highest BCUT2D eigenvalue weighted by Gasteiger charge is 2.32. The van der Waals surface area contributed by atoms with Crippen molar-refractivity contribution in [2.45, 2.75) is 96.4 Å². The molecule has 0 radical (unpaired) electrons. The van der Waals surface area contributed by atoms with E-state index in [2.05, 4.69) is 61.8 Å². The zero-order valence-corrected chi connectivity index (χ0v) is 36.3. The second-order valence-electron chi connectivity index (χ2n) is 16.6. The molecule has 15 heteroatoms. The van der Waals surface area contributed by atoms with Gasteiger partial charge in [0.05, 0.1) is 28.2 Å². The molecular formula is C34H73N5O7Si3+2. The van der Waals surface area contributed by atoms with Gasteiger partial charge >= 0.3 is 5.97 Å². The van der Waals surface area contributed by atoms with Gasteiger partial charge in [-0.2, -0.15) is 0 Å². The number of hydrogen-bond donors (Lipinski definition) is 3. The molecule has 0 aliphatic carbocycles. The van der Waals surface area contributed by atoms with Crippen molar-refractivity contribution >= 4 is 48.6 Å². The standard InChI is InChI=1S/C34H71N5O7Si3/c1-30(2)34(43)45-23-22-38(3,4)27-31(40)35-19-14-16-24-48(10,11)46-49(12,13)25-17-15-20-36-32(41)28-39(5,6)29-33(42)37-21-18-26-47(8,9)44-7/h1,14-29H2,2-13H3,(H-2,35,36,37,40,41,42)/p+2. The maximum absolute atomic E-state index is 12.6. The lowest BCUT2D eigenvalue weighted by molar-refractivity contribution is -0.882. The second kappa shape index (κ2) is 22.1. The van der Waals surface area contributed by atoms with Crippen molar-refractivity contribution < 1.29 is 41.4 Å².